The van der Waals surface area contributed by atoms with Crippen molar-refractivity contribution in [2.75, 3.05) is 0 Å². The number of hydrogen-bond acceptors (Lipinski definition) is 0. The topological polar surface area (TPSA) is 0 Å². The predicted molar refractivity (Wildman–Crippen MR) is 59.6 cm³/mol. The van der Waals surface area contributed by atoms with Gasteiger partial charge in [-0.05, 0) is 31.9 Å². The van der Waals surface area contributed by atoms with Crippen LogP contribution in [-0.4, -0.2) is 0 Å². The number of hydrogen-bond donors (Lipinski definition) is 0. The summed E-state index contributed by atoms with van der Waals surface area (Å²) in [5.41, 5.74) is 3.88. The molecule has 1 aromatic carbocycles. The van der Waals surface area contributed by atoms with Gasteiger partial charge in [0.25, 0.3) is 0 Å². The lowest BCUT2D eigenvalue weighted by molar-refractivity contribution is 1.44. The Hall–Kier alpha value is -1.30. The van der Waals surface area contributed by atoms with Gasteiger partial charge in [0.2, 0.25) is 0 Å². The first kappa shape index (κ1) is 9.79. The summed E-state index contributed by atoms with van der Waals surface area (Å²) in [7, 11) is 0. The number of aryl methyl sites for hydroxylation is 1. The SMILES string of the molecule is C/C=C\C(=C/C)c1cccc(C)c1. The van der Waals surface area contributed by atoms with Gasteiger partial charge in [0, 0.05) is 0 Å². The highest BCUT2D eigenvalue weighted by molar-refractivity contribution is 5.73. The Kier molecular flexibility index (Phi) is 3.51. The molecule has 0 radical (unpaired) electrons. The summed E-state index contributed by atoms with van der Waals surface area (Å²) >= 11 is 0. The Bertz CT molecular complexity index is 330. The van der Waals surface area contributed by atoms with E-state index in [4.69, 9.17) is 0 Å². The molecule has 0 nitrogen and oxygen atoms in total. The molecule has 0 saturated heterocycles. The molecule has 1 aromatic rings. The van der Waals surface area contributed by atoms with Crippen molar-refractivity contribution >= 4 is 5.57 Å². The fourth-order valence-corrected chi connectivity index (χ4v) is 1.36. The van der Waals surface area contributed by atoms with Crippen LogP contribution >= 0.6 is 0 Å². The highest BCUT2D eigenvalue weighted by atomic mass is 14.0. The van der Waals surface area contributed by atoms with Crippen LogP contribution in [0.3, 0.4) is 0 Å². The zero-order chi connectivity index (χ0) is 9.68. The molecule has 0 saturated carbocycles. The van der Waals surface area contributed by atoms with Crippen LogP contribution in [0, 0.1) is 6.92 Å². The molecule has 0 spiro atoms. The molecule has 0 bridgehead atoms. The monoisotopic (exact) mass is 172 g/mol. The average molecular weight is 172 g/mol. The normalized spacial score (nSPS) is 12.4. The van der Waals surface area contributed by atoms with Crippen LogP contribution < -0.4 is 0 Å². The first-order valence-electron chi connectivity index (χ1n) is 4.64. The molecule has 13 heavy (non-hydrogen) atoms. The third kappa shape index (κ3) is 2.59. The average Bonchev–Trinajstić information content (AvgIpc) is 2.14. The highest BCUT2D eigenvalue weighted by Gasteiger charge is 1.95. The first-order chi connectivity index (χ1) is 6.27. The molecular formula is C13H16. The first-order valence-corrected chi connectivity index (χ1v) is 4.64. The van der Waals surface area contributed by atoms with Crippen molar-refractivity contribution in [1.29, 1.82) is 0 Å². The Morgan fingerprint density at radius 1 is 1.23 bits per heavy atom. The minimum Gasteiger partial charge on any atom is -0.0871 e. The lowest BCUT2D eigenvalue weighted by Gasteiger charge is -2.02. The zero-order valence-electron chi connectivity index (χ0n) is 8.54. The number of allylic oxidation sites excluding steroid dienone is 4. The second-order valence-electron chi connectivity index (χ2n) is 3.11. The molecule has 0 aliphatic rings. The molecule has 0 amide bonds. The van der Waals surface area contributed by atoms with Gasteiger partial charge in [-0.25, -0.2) is 0 Å². The molecule has 0 fully saturated rings. The Morgan fingerprint density at radius 3 is 2.54 bits per heavy atom. The van der Waals surface area contributed by atoms with Crippen molar-refractivity contribution < 1.29 is 0 Å². The van der Waals surface area contributed by atoms with Crippen LogP contribution in [0.2, 0.25) is 0 Å². The van der Waals surface area contributed by atoms with Crippen LogP contribution in [-0.2, 0) is 0 Å². The highest BCUT2D eigenvalue weighted by Crippen LogP contribution is 2.16. The van der Waals surface area contributed by atoms with Crippen LogP contribution in [0.4, 0.5) is 0 Å². The van der Waals surface area contributed by atoms with E-state index >= 15 is 0 Å². The largest absolute Gasteiger partial charge is 0.0871 e. The van der Waals surface area contributed by atoms with Crippen molar-refractivity contribution in [2.24, 2.45) is 0 Å². The number of rotatable bonds is 2. The van der Waals surface area contributed by atoms with Crippen molar-refractivity contribution in [3.05, 3.63) is 53.6 Å². The fourth-order valence-electron chi connectivity index (χ4n) is 1.36. The van der Waals surface area contributed by atoms with E-state index in [1.807, 2.05) is 6.92 Å². The van der Waals surface area contributed by atoms with Gasteiger partial charge in [0.05, 0.1) is 0 Å². The summed E-state index contributed by atoms with van der Waals surface area (Å²) in [5.74, 6) is 0. The lowest BCUT2D eigenvalue weighted by Crippen LogP contribution is -1.81. The minimum absolute atomic E-state index is 1.28. The molecule has 0 aliphatic heterocycles. The Labute approximate surface area is 80.6 Å². The van der Waals surface area contributed by atoms with E-state index in [1.54, 1.807) is 0 Å². The minimum atomic E-state index is 1.28. The van der Waals surface area contributed by atoms with Gasteiger partial charge >= 0.3 is 0 Å². The molecule has 0 N–H and O–H groups in total. The van der Waals surface area contributed by atoms with E-state index in [-0.39, 0.29) is 0 Å². The molecule has 1 rings (SSSR count). The van der Waals surface area contributed by atoms with Gasteiger partial charge in [0.1, 0.15) is 0 Å². The number of benzene rings is 1. The van der Waals surface area contributed by atoms with E-state index in [0.717, 1.165) is 0 Å². The molecule has 0 atom stereocenters. The second-order valence-corrected chi connectivity index (χ2v) is 3.11. The lowest BCUT2D eigenvalue weighted by atomic mass is 10.0. The van der Waals surface area contributed by atoms with Crippen molar-refractivity contribution in [3.8, 4) is 0 Å². The quantitative estimate of drug-likeness (QED) is 0.592. The maximum atomic E-state index is 2.20. The molecule has 0 aliphatic carbocycles. The standard InChI is InChI=1S/C13H16/c1-4-7-12(5-2)13-9-6-8-11(3)10-13/h4-10H,1-3H3/b7-4-,12-5+. The van der Waals surface area contributed by atoms with Gasteiger partial charge in [0.15, 0.2) is 0 Å². The third-order valence-corrected chi connectivity index (χ3v) is 2.01. The zero-order valence-corrected chi connectivity index (χ0v) is 8.54. The molecular weight excluding hydrogens is 156 g/mol. The van der Waals surface area contributed by atoms with Gasteiger partial charge in [-0.2, -0.15) is 0 Å². The Morgan fingerprint density at radius 2 is 2.00 bits per heavy atom. The summed E-state index contributed by atoms with van der Waals surface area (Å²) in [6, 6.07) is 8.56. The van der Waals surface area contributed by atoms with E-state index in [1.165, 1.54) is 16.7 Å². The smallest absolute Gasteiger partial charge is 0.0185 e. The second kappa shape index (κ2) is 4.66. The summed E-state index contributed by atoms with van der Waals surface area (Å²) in [4.78, 5) is 0. The summed E-state index contributed by atoms with van der Waals surface area (Å²) in [5, 5.41) is 0. The van der Waals surface area contributed by atoms with Gasteiger partial charge in [-0.1, -0.05) is 48.1 Å². The van der Waals surface area contributed by atoms with Crippen LogP contribution in [0.5, 0.6) is 0 Å². The maximum absolute atomic E-state index is 2.20. The third-order valence-electron chi connectivity index (χ3n) is 2.01. The molecule has 0 unspecified atom stereocenters. The van der Waals surface area contributed by atoms with Crippen LogP contribution in [0.25, 0.3) is 5.57 Å². The fraction of sp³-hybridized carbons (Fsp3) is 0.231. The molecule has 0 heterocycles. The summed E-state index contributed by atoms with van der Waals surface area (Å²) in [6.45, 7) is 6.23. The van der Waals surface area contributed by atoms with E-state index in [0.29, 0.717) is 0 Å². The predicted octanol–water partition coefficient (Wildman–Crippen LogP) is 3.97. The van der Waals surface area contributed by atoms with E-state index in [9.17, 15) is 0 Å². The van der Waals surface area contributed by atoms with Gasteiger partial charge in [-0.15, -0.1) is 0 Å². The van der Waals surface area contributed by atoms with Crippen molar-refractivity contribution in [1.82, 2.24) is 0 Å². The summed E-state index contributed by atoms with van der Waals surface area (Å²) < 4.78 is 0. The van der Waals surface area contributed by atoms with E-state index in [2.05, 4.69) is 56.3 Å². The molecule has 0 aromatic heterocycles. The van der Waals surface area contributed by atoms with Gasteiger partial charge < -0.3 is 0 Å². The molecule has 68 valence electrons. The van der Waals surface area contributed by atoms with Crippen LogP contribution in [0.15, 0.2) is 42.5 Å². The maximum Gasteiger partial charge on any atom is -0.0185 e. The molecule has 0 heteroatoms. The Balaban J connectivity index is 3.06. The van der Waals surface area contributed by atoms with Crippen molar-refractivity contribution in [3.63, 3.8) is 0 Å². The van der Waals surface area contributed by atoms with Gasteiger partial charge in [-0.3, -0.25) is 0 Å². The van der Waals surface area contributed by atoms with Crippen molar-refractivity contribution in [2.45, 2.75) is 20.8 Å². The van der Waals surface area contributed by atoms with Crippen LogP contribution in [0.1, 0.15) is 25.0 Å². The van der Waals surface area contributed by atoms with E-state index < -0.39 is 0 Å². The summed E-state index contributed by atoms with van der Waals surface area (Å²) in [6.07, 6.45) is 6.33.